The lowest BCUT2D eigenvalue weighted by atomic mass is 10.2. The van der Waals surface area contributed by atoms with E-state index in [1.54, 1.807) is 6.21 Å². The molecule has 2 saturated heterocycles. The number of nitrogens with zero attached hydrogens (tertiary/aromatic N) is 2. The maximum atomic E-state index is 11.6. The van der Waals surface area contributed by atoms with Gasteiger partial charge in [0.25, 0.3) is 0 Å². The minimum atomic E-state index is -2.98. The van der Waals surface area contributed by atoms with Crippen molar-refractivity contribution in [3.8, 4) is 0 Å². The monoisotopic (exact) mass is 295 g/mol. The van der Waals surface area contributed by atoms with Gasteiger partial charge in [0.1, 0.15) is 0 Å². The van der Waals surface area contributed by atoms with Gasteiger partial charge in [-0.05, 0) is 5.56 Å². The van der Waals surface area contributed by atoms with Crippen molar-refractivity contribution in [1.29, 1.82) is 5.41 Å². The molecule has 0 bridgehead atoms. The lowest BCUT2D eigenvalue weighted by molar-refractivity contribution is 0.376. The molecule has 2 heterocycles. The summed E-state index contributed by atoms with van der Waals surface area (Å²) >= 11 is 1.30. The van der Waals surface area contributed by atoms with Gasteiger partial charge < -0.3 is 0 Å². The third-order valence-corrected chi connectivity index (χ3v) is 6.31. The normalized spacial score (nSPS) is 29.1. The molecule has 0 aliphatic carbocycles. The number of nitrogens with one attached hydrogen (secondary N) is 1. The van der Waals surface area contributed by atoms with Crippen molar-refractivity contribution in [3.63, 3.8) is 0 Å². The maximum Gasteiger partial charge on any atom is 0.177 e. The molecule has 5 nitrogen and oxygen atoms in total. The number of rotatable bonds is 2. The van der Waals surface area contributed by atoms with Crippen LogP contribution in [0.2, 0.25) is 0 Å². The van der Waals surface area contributed by atoms with Gasteiger partial charge in [-0.1, -0.05) is 42.1 Å². The highest BCUT2D eigenvalue weighted by molar-refractivity contribution is 8.15. The van der Waals surface area contributed by atoms with E-state index in [1.165, 1.54) is 16.8 Å². The molecule has 0 amide bonds. The van der Waals surface area contributed by atoms with E-state index in [4.69, 9.17) is 5.41 Å². The molecule has 0 saturated carbocycles. The van der Waals surface area contributed by atoms with Crippen LogP contribution in [0.15, 0.2) is 35.4 Å². The summed E-state index contributed by atoms with van der Waals surface area (Å²) in [7, 11) is -2.98. The summed E-state index contributed by atoms with van der Waals surface area (Å²) in [5.74, 6) is 0.251. The van der Waals surface area contributed by atoms with Crippen LogP contribution < -0.4 is 0 Å². The lowest BCUT2D eigenvalue weighted by Crippen LogP contribution is -2.32. The second kappa shape index (κ2) is 4.64. The van der Waals surface area contributed by atoms with Gasteiger partial charge in [-0.3, -0.25) is 5.41 Å². The highest BCUT2D eigenvalue weighted by Crippen LogP contribution is 2.37. The van der Waals surface area contributed by atoms with Gasteiger partial charge in [0.05, 0.1) is 23.8 Å². The zero-order valence-corrected chi connectivity index (χ0v) is 11.7. The molecule has 3 rings (SSSR count). The average molecular weight is 295 g/mol. The van der Waals surface area contributed by atoms with Gasteiger partial charge in [0.2, 0.25) is 0 Å². The summed E-state index contributed by atoms with van der Waals surface area (Å²) in [4.78, 5) is 0. The van der Waals surface area contributed by atoms with Crippen LogP contribution in [-0.4, -0.2) is 47.6 Å². The van der Waals surface area contributed by atoms with Gasteiger partial charge in [-0.2, -0.15) is 5.10 Å². The summed E-state index contributed by atoms with van der Waals surface area (Å²) < 4.78 is 23.2. The maximum absolute atomic E-state index is 11.6. The predicted octanol–water partition coefficient (Wildman–Crippen LogP) is 1.17. The second-order valence-corrected chi connectivity index (χ2v) is 7.99. The van der Waals surface area contributed by atoms with E-state index >= 15 is 0 Å². The van der Waals surface area contributed by atoms with E-state index in [9.17, 15) is 8.42 Å². The Morgan fingerprint density at radius 2 is 2.05 bits per heavy atom. The van der Waals surface area contributed by atoms with Crippen LogP contribution in [0, 0.1) is 5.41 Å². The number of hydrogen-bond donors (Lipinski definition) is 1. The van der Waals surface area contributed by atoms with Crippen molar-refractivity contribution < 1.29 is 8.42 Å². The van der Waals surface area contributed by atoms with Crippen LogP contribution in [-0.2, 0) is 9.84 Å². The lowest BCUT2D eigenvalue weighted by Gasteiger charge is -2.17. The van der Waals surface area contributed by atoms with E-state index < -0.39 is 9.84 Å². The van der Waals surface area contributed by atoms with Crippen molar-refractivity contribution in [2.75, 3.05) is 11.5 Å². The average Bonchev–Trinajstić information content (AvgIpc) is 2.79. The number of hydrazone groups is 1. The first kappa shape index (κ1) is 12.7. The third-order valence-electron chi connectivity index (χ3n) is 3.19. The van der Waals surface area contributed by atoms with Crippen molar-refractivity contribution in [3.05, 3.63) is 35.9 Å². The largest absolute Gasteiger partial charge is 0.277 e. The van der Waals surface area contributed by atoms with Crippen LogP contribution in [0.25, 0.3) is 0 Å². The van der Waals surface area contributed by atoms with Gasteiger partial charge >= 0.3 is 0 Å². The zero-order valence-electron chi connectivity index (χ0n) is 10.1. The summed E-state index contributed by atoms with van der Waals surface area (Å²) in [5, 5.41) is 14.0. The number of amidine groups is 1. The van der Waals surface area contributed by atoms with Gasteiger partial charge in [-0.25, -0.2) is 13.4 Å². The molecule has 100 valence electrons. The van der Waals surface area contributed by atoms with Crippen LogP contribution >= 0.6 is 11.8 Å². The fourth-order valence-electron chi connectivity index (χ4n) is 2.29. The molecule has 2 aliphatic rings. The summed E-state index contributed by atoms with van der Waals surface area (Å²) in [6.07, 6.45) is 1.67. The molecule has 1 aromatic rings. The van der Waals surface area contributed by atoms with Crippen LogP contribution in [0.4, 0.5) is 0 Å². The first-order valence-electron chi connectivity index (χ1n) is 5.89. The fraction of sp³-hybridized carbons (Fsp3) is 0.333. The number of benzene rings is 1. The molecule has 1 aromatic carbocycles. The highest BCUT2D eigenvalue weighted by atomic mass is 32.2. The summed E-state index contributed by atoms with van der Waals surface area (Å²) in [5.41, 5.74) is 0.935. The van der Waals surface area contributed by atoms with Crippen molar-refractivity contribution in [2.24, 2.45) is 5.10 Å². The highest BCUT2D eigenvalue weighted by Gasteiger charge is 2.48. The number of sulfone groups is 1. The van der Waals surface area contributed by atoms with Crippen molar-refractivity contribution in [2.45, 2.75) is 11.3 Å². The molecule has 0 unspecified atom stereocenters. The molecule has 0 aromatic heterocycles. The van der Waals surface area contributed by atoms with Gasteiger partial charge in [0.15, 0.2) is 15.0 Å². The Morgan fingerprint density at radius 1 is 1.32 bits per heavy atom. The Kier molecular flexibility index (Phi) is 3.10. The molecule has 1 N–H and O–H groups in total. The minimum Gasteiger partial charge on any atom is -0.277 e. The van der Waals surface area contributed by atoms with E-state index in [-0.39, 0.29) is 22.8 Å². The third kappa shape index (κ3) is 2.52. The predicted molar refractivity (Wildman–Crippen MR) is 77.4 cm³/mol. The smallest absolute Gasteiger partial charge is 0.177 e. The fourth-order valence-corrected chi connectivity index (χ4v) is 6.01. The first-order chi connectivity index (χ1) is 9.05. The quantitative estimate of drug-likeness (QED) is 0.831. The van der Waals surface area contributed by atoms with Crippen LogP contribution in [0.5, 0.6) is 0 Å². The summed E-state index contributed by atoms with van der Waals surface area (Å²) in [6.45, 7) is 0. The molecule has 2 aliphatic heterocycles. The number of thioether (sulfide) groups is 1. The molecule has 2 atom stereocenters. The number of hydrogen-bond acceptors (Lipinski definition) is 5. The van der Waals surface area contributed by atoms with Gasteiger partial charge in [-0.15, -0.1) is 0 Å². The molecular weight excluding hydrogens is 282 g/mol. The minimum absolute atomic E-state index is 0.0505. The number of fused-ring (bicyclic) bond motifs is 1. The van der Waals surface area contributed by atoms with E-state index in [0.717, 1.165) is 5.56 Å². The molecule has 7 heteroatoms. The SMILES string of the molecule is N=C1S[C@@H]2CS(=O)(=O)C[C@H]2N1/N=C\c1ccccc1. The van der Waals surface area contributed by atoms with Crippen LogP contribution in [0.3, 0.4) is 0 Å². The molecule has 2 fully saturated rings. The first-order valence-corrected chi connectivity index (χ1v) is 8.59. The Hall–Kier alpha value is -1.34. The zero-order chi connectivity index (χ0) is 13.5. The molecule has 19 heavy (non-hydrogen) atoms. The Balaban J connectivity index is 1.81. The van der Waals surface area contributed by atoms with E-state index in [0.29, 0.717) is 5.17 Å². The van der Waals surface area contributed by atoms with Gasteiger partial charge in [0, 0.05) is 5.25 Å². The molecule has 0 radical (unpaired) electrons. The van der Waals surface area contributed by atoms with E-state index in [2.05, 4.69) is 5.10 Å². The Morgan fingerprint density at radius 3 is 2.79 bits per heavy atom. The second-order valence-electron chi connectivity index (χ2n) is 4.61. The van der Waals surface area contributed by atoms with Crippen molar-refractivity contribution >= 4 is 33.0 Å². The van der Waals surface area contributed by atoms with Crippen LogP contribution in [0.1, 0.15) is 5.56 Å². The van der Waals surface area contributed by atoms with Crippen molar-refractivity contribution in [1.82, 2.24) is 5.01 Å². The van der Waals surface area contributed by atoms with E-state index in [1.807, 2.05) is 30.3 Å². The Labute approximate surface area is 116 Å². The summed E-state index contributed by atoms with van der Waals surface area (Å²) in [6, 6.07) is 9.38. The molecular formula is C12H13N3O2S2. The molecule has 0 spiro atoms. The standard InChI is InChI=1S/C12H13N3O2S2/c13-12-15(14-6-9-4-2-1-3-5-9)10-7-19(16,17)8-11(10)18-12/h1-6,10-11,13H,7-8H2/b13-12?,14-6-/t10-,11-/m1/s1. The topological polar surface area (TPSA) is 73.6 Å². The Bertz CT molecular complexity index is 628.